The summed E-state index contributed by atoms with van der Waals surface area (Å²) in [6.07, 6.45) is 0.920. The number of carbonyl (C=O) groups excluding carboxylic acids is 1. The molecule has 0 aromatic carbocycles. The second-order valence-corrected chi connectivity index (χ2v) is 3.48. The molecular weight excluding hydrogens is 188 g/mol. The second kappa shape index (κ2) is 5.95. The normalized spacial score (nSPS) is 21.2. The molecule has 1 atom stereocenters. The minimum absolute atomic E-state index is 0.0360. The fourth-order valence-corrected chi connectivity index (χ4v) is 0.711. The zero-order valence-corrected chi connectivity index (χ0v) is 8.82. The molecule has 1 saturated heterocycles. The summed E-state index contributed by atoms with van der Waals surface area (Å²) in [5.74, 6) is -1.15. The summed E-state index contributed by atoms with van der Waals surface area (Å²) in [7, 11) is 1.46. The molecule has 0 saturated carbocycles. The maximum Gasteiger partial charge on any atom is 0.306 e. The lowest BCUT2D eigenvalue weighted by molar-refractivity contribution is -0.155. The molecule has 1 aliphatic rings. The van der Waals surface area contributed by atoms with Gasteiger partial charge >= 0.3 is 5.97 Å². The fourth-order valence-electron chi connectivity index (χ4n) is 0.711. The predicted molar refractivity (Wildman–Crippen MR) is 49.5 cm³/mol. The van der Waals surface area contributed by atoms with E-state index in [-0.39, 0.29) is 18.7 Å². The monoisotopic (exact) mass is 206 g/mol. The zero-order chi connectivity index (χ0) is 11.2. The highest BCUT2D eigenvalue weighted by Crippen LogP contribution is 2.11. The fraction of sp³-hybridized carbons (Fsp3) is 0.889. The van der Waals surface area contributed by atoms with Crippen LogP contribution in [0.5, 0.6) is 0 Å². The van der Waals surface area contributed by atoms with Gasteiger partial charge in [-0.05, 0) is 20.3 Å². The Bertz CT molecular complexity index is 173. The summed E-state index contributed by atoms with van der Waals surface area (Å²) in [4.78, 5) is 10.3. The number of rotatable bonds is 2. The second-order valence-electron chi connectivity index (χ2n) is 3.48. The molecule has 0 amide bonds. The van der Waals surface area contributed by atoms with Crippen LogP contribution in [-0.4, -0.2) is 41.8 Å². The van der Waals surface area contributed by atoms with Gasteiger partial charge in [0, 0.05) is 13.5 Å². The Morgan fingerprint density at radius 1 is 1.64 bits per heavy atom. The number of hydrogen-bond acceptors (Lipinski definition) is 5. The average Bonchev–Trinajstić information content (AvgIpc) is 2.51. The molecule has 0 aliphatic carbocycles. The van der Waals surface area contributed by atoms with E-state index >= 15 is 0 Å². The summed E-state index contributed by atoms with van der Waals surface area (Å²) in [5, 5.41) is 17.0. The van der Waals surface area contributed by atoms with Crippen LogP contribution in [0, 0.1) is 0 Å². The Labute approximate surface area is 83.6 Å². The van der Waals surface area contributed by atoms with Gasteiger partial charge in [-0.25, -0.2) is 0 Å². The van der Waals surface area contributed by atoms with Gasteiger partial charge in [0.25, 0.3) is 0 Å². The van der Waals surface area contributed by atoms with E-state index in [9.17, 15) is 4.79 Å². The smallest absolute Gasteiger partial charge is 0.306 e. The van der Waals surface area contributed by atoms with Crippen LogP contribution in [0.2, 0.25) is 0 Å². The van der Waals surface area contributed by atoms with E-state index in [0.717, 1.165) is 0 Å². The van der Waals surface area contributed by atoms with Gasteiger partial charge in [-0.2, -0.15) is 0 Å². The van der Waals surface area contributed by atoms with Crippen LogP contribution < -0.4 is 0 Å². The third-order valence-electron chi connectivity index (χ3n) is 1.67. The first-order valence-corrected chi connectivity index (χ1v) is 4.47. The summed E-state index contributed by atoms with van der Waals surface area (Å²) >= 11 is 0. The van der Waals surface area contributed by atoms with Crippen LogP contribution >= 0.6 is 0 Å². The van der Waals surface area contributed by atoms with Gasteiger partial charge in [-0.3, -0.25) is 4.79 Å². The van der Waals surface area contributed by atoms with E-state index in [2.05, 4.69) is 9.47 Å². The van der Waals surface area contributed by atoms with Crippen molar-refractivity contribution in [3.8, 4) is 0 Å². The summed E-state index contributed by atoms with van der Waals surface area (Å²) in [6.45, 7) is 3.12. The SMILES string of the molecule is COC(C)(C)O.O=C1CCC(CO)O1. The molecule has 1 rings (SSSR count). The molecule has 5 heteroatoms. The molecule has 84 valence electrons. The molecule has 0 bridgehead atoms. The molecule has 2 N–H and O–H groups in total. The third kappa shape index (κ3) is 6.82. The molecule has 1 fully saturated rings. The van der Waals surface area contributed by atoms with Crippen LogP contribution in [0.15, 0.2) is 0 Å². The van der Waals surface area contributed by atoms with Gasteiger partial charge in [0.1, 0.15) is 6.10 Å². The van der Waals surface area contributed by atoms with Crippen molar-refractivity contribution in [2.45, 2.75) is 38.6 Å². The highest BCUT2D eigenvalue weighted by Gasteiger charge is 2.21. The van der Waals surface area contributed by atoms with Crippen LogP contribution in [0.25, 0.3) is 0 Å². The van der Waals surface area contributed by atoms with E-state index in [1.807, 2.05) is 0 Å². The number of methoxy groups -OCH3 is 1. The molecule has 1 heterocycles. The van der Waals surface area contributed by atoms with Crippen molar-refractivity contribution in [3.63, 3.8) is 0 Å². The van der Waals surface area contributed by atoms with Gasteiger partial charge in [-0.15, -0.1) is 0 Å². The molecule has 0 aromatic rings. The van der Waals surface area contributed by atoms with Crippen molar-refractivity contribution >= 4 is 5.97 Å². The van der Waals surface area contributed by atoms with E-state index < -0.39 is 5.79 Å². The van der Waals surface area contributed by atoms with E-state index in [4.69, 9.17) is 10.2 Å². The van der Waals surface area contributed by atoms with E-state index in [0.29, 0.717) is 12.8 Å². The highest BCUT2D eigenvalue weighted by molar-refractivity contribution is 5.71. The summed E-state index contributed by atoms with van der Waals surface area (Å²) in [5.41, 5.74) is 0. The standard InChI is InChI=1S/C5H8O3.C4H10O2/c6-3-4-1-2-5(7)8-4;1-4(2,5)6-3/h4,6H,1-3H2;5H,1-3H3. The van der Waals surface area contributed by atoms with Gasteiger partial charge in [-0.1, -0.05) is 0 Å². The Morgan fingerprint density at radius 2 is 2.14 bits per heavy atom. The first-order chi connectivity index (χ1) is 6.39. The van der Waals surface area contributed by atoms with Gasteiger partial charge in [0.2, 0.25) is 0 Å². The Hall–Kier alpha value is -0.650. The largest absolute Gasteiger partial charge is 0.460 e. The van der Waals surface area contributed by atoms with Gasteiger partial charge in [0.15, 0.2) is 5.79 Å². The Balaban J connectivity index is 0.000000255. The molecular formula is C9H18O5. The van der Waals surface area contributed by atoms with Crippen LogP contribution in [0.3, 0.4) is 0 Å². The third-order valence-corrected chi connectivity index (χ3v) is 1.67. The van der Waals surface area contributed by atoms with Crippen molar-refractivity contribution < 1.29 is 24.5 Å². The summed E-state index contributed by atoms with van der Waals surface area (Å²) in [6, 6.07) is 0. The van der Waals surface area contributed by atoms with Crippen molar-refractivity contribution in [1.82, 2.24) is 0 Å². The topological polar surface area (TPSA) is 76.0 Å². The van der Waals surface area contributed by atoms with Crippen molar-refractivity contribution in [2.75, 3.05) is 13.7 Å². The molecule has 0 aromatic heterocycles. The van der Waals surface area contributed by atoms with Crippen molar-refractivity contribution in [1.29, 1.82) is 0 Å². The lowest BCUT2D eigenvalue weighted by Crippen LogP contribution is -2.20. The van der Waals surface area contributed by atoms with Crippen molar-refractivity contribution in [2.24, 2.45) is 0 Å². The lowest BCUT2D eigenvalue weighted by atomic mass is 10.2. The van der Waals surface area contributed by atoms with Crippen molar-refractivity contribution in [3.05, 3.63) is 0 Å². The number of esters is 1. The molecule has 0 radical (unpaired) electrons. The van der Waals surface area contributed by atoms with Crippen LogP contribution in [0.1, 0.15) is 26.7 Å². The number of carbonyl (C=O) groups is 1. The van der Waals surface area contributed by atoms with Gasteiger partial charge < -0.3 is 19.7 Å². The Morgan fingerprint density at radius 3 is 2.29 bits per heavy atom. The van der Waals surface area contributed by atoms with E-state index in [1.54, 1.807) is 13.8 Å². The van der Waals surface area contributed by atoms with Gasteiger partial charge in [0.05, 0.1) is 6.61 Å². The van der Waals surface area contributed by atoms with Crippen LogP contribution in [-0.2, 0) is 14.3 Å². The maximum atomic E-state index is 10.3. The molecule has 1 aliphatic heterocycles. The number of cyclic esters (lactones) is 1. The highest BCUT2D eigenvalue weighted by atomic mass is 16.6. The Kier molecular flexibility index (Phi) is 5.68. The zero-order valence-electron chi connectivity index (χ0n) is 8.82. The number of aliphatic hydroxyl groups is 2. The quantitative estimate of drug-likeness (QED) is 0.493. The first kappa shape index (κ1) is 13.4. The number of aliphatic hydroxyl groups excluding tert-OH is 1. The first-order valence-electron chi connectivity index (χ1n) is 4.47. The summed E-state index contributed by atoms with van der Waals surface area (Å²) < 4.78 is 9.11. The minimum atomic E-state index is -0.958. The molecule has 1 unspecified atom stereocenters. The minimum Gasteiger partial charge on any atom is -0.460 e. The predicted octanol–water partition coefficient (Wildman–Crippen LogP) is 0.0455. The number of ether oxygens (including phenoxy) is 2. The van der Waals surface area contributed by atoms with Crippen LogP contribution in [0.4, 0.5) is 0 Å². The van der Waals surface area contributed by atoms with E-state index in [1.165, 1.54) is 7.11 Å². The molecule has 5 nitrogen and oxygen atoms in total. The number of hydrogen-bond donors (Lipinski definition) is 2. The molecule has 0 spiro atoms. The lowest BCUT2D eigenvalue weighted by Gasteiger charge is -2.12. The molecule has 14 heavy (non-hydrogen) atoms. The average molecular weight is 206 g/mol. The maximum absolute atomic E-state index is 10.3.